The van der Waals surface area contributed by atoms with Gasteiger partial charge in [-0.25, -0.2) is 60.0 Å². The van der Waals surface area contributed by atoms with Gasteiger partial charge in [0.15, 0.2) is 0 Å². The first-order valence-corrected chi connectivity index (χ1v) is 50.6. The number of aryl methyl sites for hydroxylation is 6. The highest BCUT2D eigenvalue weighted by atomic mass is 35.5. The molecule has 0 atom stereocenters. The molecular formula is C92H102Cl3F6N19O12S4. The van der Waals surface area contributed by atoms with Crippen LogP contribution in [0.25, 0.3) is 0 Å². The van der Waals surface area contributed by atoms with Crippen molar-refractivity contribution in [2.45, 2.75) is 145 Å². The van der Waals surface area contributed by atoms with E-state index in [1.165, 1.54) is 173 Å². The van der Waals surface area contributed by atoms with Gasteiger partial charge in [-0.05, 0) is 193 Å². The van der Waals surface area contributed by atoms with E-state index in [4.69, 9.17) is 34.8 Å². The largest absolute Gasteiger partial charge is 0.355 e. The Morgan fingerprint density at radius 3 is 1.09 bits per heavy atom. The summed E-state index contributed by atoms with van der Waals surface area (Å²) in [7, 11) is -10.1. The first kappa shape index (κ1) is 102. The van der Waals surface area contributed by atoms with Crippen molar-refractivity contribution in [3.63, 3.8) is 0 Å². The van der Waals surface area contributed by atoms with Crippen LogP contribution in [0.2, 0.25) is 15.1 Å². The standard InChI is InChI=1S/C24H24ClFN4O3S.2C23H24ClF2N5O3S.C22H30FN5O3S/c1-17-6-7-19(20(25)14-17)23(31)29-16-24(22-21(26)5-3-11-28-22)8-12-30(13-9-24)34(32,33)18-4-2-10-27-15-18;1-15-10-18(24)17(11-20(15)26)22(32)28-14-23(21-19(25)4-3-7-27-21)5-8-31(9-6-23)35(33,34)16-12-29-30(2)13-16;1-15-5-6-17(25)19(20(15)24)22(32)28-14-23(21-18(26)4-3-9-27-21)7-10-31(11-8-23)35(33,34)16-12-29-30(2)13-16;1-27-15-18(14-26-27)32(30,31)28-12-9-22(10-13-28,20-19(23)8-5-11-24-20)16-25-21(29)17-6-3-2-4-7-17/h2-7,10-11,14-15H,8-9,12-13,16H2,1H3,(H,29,31);3-4,7,10-13H,5-6,8-9,14H2,1-2H3,(H,28,32);3-6,9,12-13H,7-8,10-11,14H2,1-2H3,(H,28,32);5,8,11,14-15,17H,2-4,6-7,9-10,12-13,16H2,1H3,(H,25,29). The molecule has 44 heteroatoms. The maximum Gasteiger partial charge on any atom is 0.255 e. The number of nitrogens with one attached hydrogen (secondary N) is 4. The number of amides is 4. The van der Waals surface area contributed by atoms with Crippen LogP contribution in [0.1, 0.15) is 154 Å². The van der Waals surface area contributed by atoms with Gasteiger partial charge in [0.05, 0.1) is 73.1 Å². The minimum atomic E-state index is -3.79. The molecule has 0 bridgehead atoms. The lowest BCUT2D eigenvalue weighted by atomic mass is 9.75. The Hall–Kier alpha value is -11.0. The molecule has 4 aliphatic heterocycles. The van der Waals surface area contributed by atoms with Crippen LogP contribution < -0.4 is 21.3 Å². The zero-order valence-corrected chi connectivity index (χ0v) is 80.7. The predicted molar refractivity (Wildman–Crippen MR) is 494 cm³/mol. The Labute approximate surface area is 799 Å². The summed E-state index contributed by atoms with van der Waals surface area (Å²) in [5, 5.41) is 23.6. The lowest BCUT2D eigenvalue weighted by Crippen LogP contribution is -2.51. The van der Waals surface area contributed by atoms with Gasteiger partial charge >= 0.3 is 0 Å². The first-order chi connectivity index (χ1) is 64.6. The summed E-state index contributed by atoms with van der Waals surface area (Å²) in [6.07, 6.45) is 24.0. The number of carbonyl (C=O) groups excluding carboxylic acids is 4. The number of pyridine rings is 5. The van der Waals surface area contributed by atoms with E-state index in [1.807, 2.05) is 6.92 Å². The van der Waals surface area contributed by atoms with Crippen molar-refractivity contribution >= 4 is 98.5 Å². The van der Waals surface area contributed by atoms with E-state index in [-0.39, 0.29) is 193 Å². The van der Waals surface area contributed by atoms with Crippen LogP contribution in [-0.4, -0.2) is 207 Å². The molecule has 31 nitrogen and oxygen atoms in total. The molecule has 3 aromatic carbocycles. The molecule has 12 heterocycles. The van der Waals surface area contributed by atoms with Gasteiger partial charge in [-0.3, -0.25) is 58.1 Å². The number of benzene rings is 3. The lowest BCUT2D eigenvalue weighted by molar-refractivity contribution is -0.126. The fourth-order valence-electron chi connectivity index (χ4n) is 17.7. The molecule has 0 spiro atoms. The zero-order valence-electron chi connectivity index (χ0n) is 75.1. The second kappa shape index (κ2) is 43.4. The van der Waals surface area contributed by atoms with E-state index in [1.54, 1.807) is 58.5 Å². The minimum absolute atomic E-state index is 0.000395. The van der Waals surface area contributed by atoms with Crippen LogP contribution in [-0.2, 0) is 87.7 Å². The molecule has 136 heavy (non-hydrogen) atoms. The summed E-state index contributed by atoms with van der Waals surface area (Å²) in [4.78, 5) is 72.7. The first-order valence-electron chi connectivity index (χ1n) is 43.7. The Morgan fingerprint density at radius 2 is 0.735 bits per heavy atom. The Balaban J connectivity index is 0.000000153. The molecule has 4 amide bonds. The highest BCUT2D eigenvalue weighted by molar-refractivity contribution is 7.90. The van der Waals surface area contributed by atoms with Gasteiger partial charge in [0, 0.05) is 183 Å². The van der Waals surface area contributed by atoms with Gasteiger partial charge < -0.3 is 21.3 Å². The number of piperidine rings is 4. The molecule has 16 rings (SSSR count). The van der Waals surface area contributed by atoms with Crippen molar-refractivity contribution in [3.05, 3.63) is 284 Å². The summed E-state index contributed by atoms with van der Waals surface area (Å²) in [5.41, 5.74) is -1.08. The van der Waals surface area contributed by atoms with Gasteiger partial charge in [-0.2, -0.15) is 32.5 Å². The van der Waals surface area contributed by atoms with Gasteiger partial charge in [0.25, 0.3) is 17.7 Å². The third-order valence-electron chi connectivity index (χ3n) is 25.7. The molecule has 4 saturated heterocycles. The van der Waals surface area contributed by atoms with Crippen molar-refractivity contribution in [2.75, 3.05) is 78.5 Å². The fraction of sp³-hybridized carbons (Fsp3) is 0.391. The molecule has 1 saturated carbocycles. The Bertz CT molecular complexity index is 6680. The smallest absolute Gasteiger partial charge is 0.255 e. The highest BCUT2D eigenvalue weighted by Gasteiger charge is 2.49. The van der Waals surface area contributed by atoms with Crippen LogP contribution >= 0.6 is 34.8 Å². The van der Waals surface area contributed by atoms with E-state index >= 15 is 0 Å². The summed E-state index contributed by atoms with van der Waals surface area (Å²) >= 11 is 18.6. The lowest BCUT2D eigenvalue weighted by Gasteiger charge is -2.41. The van der Waals surface area contributed by atoms with Crippen LogP contribution in [0.5, 0.6) is 0 Å². The van der Waals surface area contributed by atoms with Gasteiger partial charge in [-0.15, -0.1) is 0 Å². The molecule has 0 unspecified atom stereocenters. The van der Waals surface area contributed by atoms with Crippen molar-refractivity contribution < 1.29 is 79.2 Å². The normalized spacial score (nSPS) is 17.2. The minimum Gasteiger partial charge on any atom is -0.355 e. The molecule has 1 aliphatic carbocycles. The van der Waals surface area contributed by atoms with Crippen LogP contribution in [0, 0.1) is 61.6 Å². The van der Waals surface area contributed by atoms with Gasteiger partial charge in [0.1, 0.15) is 54.5 Å². The van der Waals surface area contributed by atoms with Gasteiger partial charge in [0.2, 0.25) is 46.0 Å². The van der Waals surface area contributed by atoms with Crippen molar-refractivity contribution in [3.8, 4) is 0 Å². The second-order valence-corrected chi connectivity index (χ2v) is 43.5. The molecular weight excluding hydrogens is 1910 g/mol. The Kier molecular flexibility index (Phi) is 32.7. The van der Waals surface area contributed by atoms with E-state index in [0.717, 1.165) is 49.8 Å². The van der Waals surface area contributed by atoms with E-state index in [0.29, 0.717) is 40.2 Å². The molecule has 5 fully saturated rings. The van der Waals surface area contributed by atoms with Crippen molar-refractivity contribution in [1.82, 2.24) is 92.7 Å². The summed E-state index contributed by atoms with van der Waals surface area (Å²) in [5.74, 6) is -5.11. The average Bonchev–Trinajstić information content (AvgIpc) is 1.11. The number of sulfonamides is 4. The van der Waals surface area contributed by atoms with Crippen LogP contribution in [0.4, 0.5) is 26.3 Å². The predicted octanol–water partition coefficient (Wildman–Crippen LogP) is 12.5. The monoisotopic (exact) mass is 2010 g/mol. The average molecular weight is 2010 g/mol. The fourth-order valence-corrected chi connectivity index (χ4v) is 24.2. The number of hydrogen-bond acceptors (Lipinski definition) is 20. The van der Waals surface area contributed by atoms with E-state index in [2.05, 4.69) is 61.5 Å². The Morgan fingerprint density at radius 1 is 0.382 bits per heavy atom. The third-order valence-corrected chi connectivity index (χ3v) is 34.3. The van der Waals surface area contributed by atoms with Crippen LogP contribution in [0.3, 0.4) is 0 Å². The highest BCUT2D eigenvalue weighted by Crippen LogP contribution is 2.43. The van der Waals surface area contributed by atoms with Crippen molar-refractivity contribution in [2.24, 2.45) is 27.1 Å². The number of aromatic nitrogens is 11. The summed E-state index contributed by atoms with van der Waals surface area (Å²) < 4.78 is 202. The maximum absolute atomic E-state index is 14.8. The molecule has 724 valence electrons. The van der Waals surface area contributed by atoms with E-state index < -0.39 is 108 Å². The van der Waals surface area contributed by atoms with Crippen LogP contribution in [0.15, 0.2) is 197 Å². The van der Waals surface area contributed by atoms with E-state index in [9.17, 15) is 79.2 Å². The number of hydrogen-bond donors (Lipinski definition) is 4. The topological polar surface area (TPSA) is 384 Å². The van der Waals surface area contributed by atoms with Crippen molar-refractivity contribution in [1.29, 1.82) is 0 Å². The number of rotatable bonds is 24. The SMILES string of the molecule is Cc1cc(Cl)c(C(=O)NCC2(c3ncccc3F)CCN(S(=O)(=O)c3cnn(C)c3)CC2)cc1F.Cc1ccc(C(=O)NCC2(c3ncccc3F)CCN(S(=O)(=O)c3cccnc3)CC2)c(Cl)c1.Cc1ccc(F)c(C(=O)NCC2(c3ncccc3F)CCN(S(=O)(=O)c3cnn(C)c3)CC2)c1Cl.Cn1cc(S(=O)(=O)N2CCC(CNC(=O)C3CCCCC3)(c3ncccc3F)CC2)cn1. The number of nitrogens with zero attached hydrogens (tertiary/aromatic N) is 15. The second-order valence-electron chi connectivity index (χ2n) is 34.5. The molecule has 8 aromatic heterocycles. The number of carbonyl (C=O) groups is 4. The maximum atomic E-state index is 14.8. The molecule has 0 radical (unpaired) electrons. The quantitative estimate of drug-likeness (QED) is 0.0408. The third kappa shape index (κ3) is 23.0. The molecule has 4 N–H and O–H groups in total. The number of halogens is 9. The summed E-state index contributed by atoms with van der Waals surface area (Å²) in [6, 6.07) is 24.4. The molecule has 5 aliphatic rings. The molecule has 11 aromatic rings. The van der Waals surface area contributed by atoms with Gasteiger partial charge in [-0.1, -0.05) is 66.2 Å². The summed E-state index contributed by atoms with van der Waals surface area (Å²) in [6.45, 7) is 6.33. The zero-order chi connectivity index (χ0) is 97.9.